The summed E-state index contributed by atoms with van der Waals surface area (Å²) in [5.74, 6) is 1.66. The molecule has 0 aliphatic carbocycles. The number of nitrogens with zero attached hydrogens (tertiary/aromatic N) is 4. The number of aryl methyl sites for hydroxylation is 2. The molecule has 7 heteroatoms. The Morgan fingerprint density at radius 2 is 2.00 bits per heavy atom. The van der Waals surface area contributed by atoms with E-state index in [-0.39, 0.29) is 0 Å². The van der Waals surface area contributed by atoms with Gasteiger partial charge in [0.2, 0.25) is 0 Å². The van der Waals surface area contributed by atoms with Crippen LogP contribution in [-0.2, 0) is 12.3 Å². The Morgan fingerprint density at radius 3 is 2.75 bits per heavy atom. The van der Waals surface area contributed by atoms with E-state index in [4.69, 9.17) is 4.98 Å². The van der Waals surface area contributed by atoms with Crippen LogP contribution in [0, 0.1) is 13.8 Å². The van der Waals surface area contributed by atoms with Crippen LogP contribution in [0.15, 0.2) is 58.9 Å². The van der Waals surface area contributed by atoms with Crippen molar-refractivity contribution >= 4 is 34.4 Å². The second-order valence-electron chi connectivity index (χ2n) is 6.45. The summed E-state index contributed by atoms with van der Waals surface area (Å²) in [7, 11) is 0. The van der Waals surface area contributed by atoms with Gasteiger partial charge in [-0.25, -0.2) is 4.98 Å². The molecule has 0 spiro atoms. The molecular weight excluding hydrogens is 404 g/mol. The fraction of sp³-hybridized carbons (Fsp3) is 0.190. The minimum atomic E-state index is 0.686. The van der Waals surface area contributed by atoms with Crippen molar-refractivity contribution in [3.63, 3.8) is 0 Å². The number of aromatic nitrogens is 4. The van der Waals surface area contributed by atoms with E-state index < -0.39 is 0 Å². The lowest BCUT2D eigenvalue weighted by Crippen LogP contribution is -2.00. The highest BCUT2D eigenvalue weighted by Gasteiger charge is 2.15. The Bertz CT molecular complexity index is 1110. The number of benzene rings is 1. The number of allylic oxidation sites excluding steroid dienone is 1. The quantitative estimate of drug-likeness (QED) is 0.261. The van der Waals surface area contributed by atoms with E-state index in [9.17, 15) is 0 Å². The zero-order valence-corrected chi connectivity index (χ0v) is 18.2. The molecule has 3 heterocycles. The van der Waals surface area contributed by atoms with Gasteiger partial charge in [-0.15, -0.1) is 39.4 Å². The molecule has 3 aromatic heterocycles. The normalized spacial score (nSPS) is 11.1. The Balaban J connectivity index is 1.52. The second kappa shape index (κ2) is 8.43. The fourth-order valence-electron chi connectivity index (χ4n) is 2.89. The van der Waals surface area contributed by atoms with Gasteiger partial charge >= 0.3 is 0 Å². The Morgan fingerprint density at radius 1 is 1.11 bits per heavy atom. The first-order valence-corrected chi connectivity index (χ1v) is 11.6. The monoisotopic (exact) mass is 424 g/mol. The second-order valence-corrected chi connectivity index (χ2v) is 9.37. The lowest BCUT2D eigenvalue weighted by Gasteiger charge is -2.06. The highest BCUT2D eigenvalue weighted by Crippen LogP contribution is 2.31. The summed E-state index contributed by atoms with van der Waals surface area (Å²) in [6, 6.07) is 10.6. The maximum absolute atomic E-state index is 4.80. The summed E-state index contributed by atoms with van der Waals surface area (Å²) in [4.78, 5) is 6.07. The third kappa shape index (κ3) is 4.11. The molecule has 142 valence electrons. The van der Waals surface area contributed by atoms with Gasteiger partial charge in [0.05, 0.1) is 5.69 Å². The molecule has 0 bridgehead atoms. The molecule has 0 amide bonds. The molecule has 0 unspecified atom stereocenters. The third-order valence-corrected chi connectivity index (χ3v) is 6.99. The zero-order valence-electron chi connectivity index (χ0n) is 15.8. The standard InChI is InChI=1S/C21H20N4S3/c1-4-8-25-19(17-10-15(3)26-11-17)23-24-21(25)28-13-18-12-27-20(22-18)16-7-5-6-14(2)9-16/h4-7,9-12H,1,8,13H2,2-3H3. The third-order valence-electron chi connectivity index (χ3n) is 4.18. The van der Waals surface area contributed by atoms with Crippen molar-refractivity contribution < 1.29 is 0 Å². The topological polar surface area (TPSA) is 43.6 Å². The van der Waals surface area contributed by atoms with Crippen molar-refractivity contribution in [3.8, 4) is 22.0 Å². The minimum absolute atomic E-state index is 0.686. The van der Waals surface area contributed by atoms with E-state index in [1.807, 2.05) is 6.08 Å². The molecule has 1 aromatic carbocycles. The molecule has 0 atom stereocenters. The highest BCUT2D eigenvalue weighted by atomic mass is 32.2. The average molecular weight is 425 g/mol. The molecule has 0 radical (unpaired) electrons. The number of thiazole rings is 1. The molecule has 0 N–H and O–H groups in total. The van der Waals surface area contributed by atoms with Crippen molar-refractivity contribution in [1.82, 2.24) is 19.7 Å². The lowest BCUT2D eigenvalue weighted by atomic mass is 10.1. The van der Waals surface area contributed by atoms with E-state index in [0.717, 1.165) is 33.0 Å². The van der Waals surface area contributed by atoms with Gasteiger partial charge < -0.3 is 0 Å². The van der Waals surface area contributed by atoms with Gasteiger partial charge in [0.1, 0.15) is 5.01 Å². The van der Waals surface area contributed by atoms with Crippen LogP contribution in [0.3, 0.4) is 0 Å². The van der Waals surface area contributed by atoms with E-state index >= 15 is 0 Å². The van der Waals surface area contributed by atoms with Crippen molar-refractivity contribution in [1.29, 1.82) is 0 Å². The van der Waals surface area contributed by atoms with Gasteiger partial charge in [0.15, 0.2) is 11.0 Å². The molecule has 4 aromatic rings. The van der Waals surface area contributed by atoms with Crippen LogP contribution in [0.2, 0.25) is 0 Å². The molecule has 0 aliphatic rings. The molecular formula is C21H20N4S3. The maximum Gasteiger partial charge on any atom is 0.192 e. The lowest BCUT2D eigenvalue weighted by molar-refractivity contribution is 0.731. The first-order valence-electron chi connectivity index (χ1n) is 8.88. The van der Waals surface area contributed by atoms with E-state index in [1.165, 1.54) is 16.0 Å². The first-order chi connectivity index (χ1) is 13.6. The summed E-state index contributed by atoms with van der Waals surface area (Å²) >= 11 is 5.07. The SMILES string of the molecule is C=CCn1c(SCc2csc(-c3cccc(C)c3)n2)nnc1-c1csc(C)c1. The van der Waals surface area contributed by atoms with Crippen LogP contribution in [0.5, 0.6) is 0 Å². The van der Waals surface area contributed by atoms with Crippen LogP contribution >= 0.6 is 34.4 Å². The van der Waals surface area contributed by atoms with E-state index in [1.54, 1.807) is 34.4 Å². The van der Waals surface area contributed by atoms with Gasteiger partial charge in [-0.2, -0.15) is 0 Å². The molecule has 4 rings (SSSR count). The summed E-state index contributed by atoms with van der Waals surface area (Å²) in [6.07, 6.45) is 1.88. The summed E-state index contributed by atoms with van der Waals surface area (Å²) < 4.78 is 2.12. The highest BCUT2D eigenvalue weighted by molar-refractivity contribution is 7.98. The number of rotatable bonds is 7. The number of thiophene rings is 1. The van der Waals surface area contributed by atoms with Crippen LogP contribution in [0.25, 0.3) is 22.0 Å². The van der Waals surface area contributed by atoms with Crippen LogP contribution < -0.4 is 0 Å². The Kier molecular flexibility index (Phi) is 5.75. The van der Waals surface area contributed by atoms with Crippen molar-refractivity contribution in [2.45, 2.75) is 31.3 Å². The number of thioether (sulfide) groups is 1. The number of hydrogen-bond donors (Lipinski definition) is 0. The van der Waals surface area contributed by atoms with Crippen molar-refractivity contribution in [2.24, 2.45) is 0 Å². The minimum Gasteiger partial charge on any atom is -0.298 e. The smallest absolute Gasteiger partial charge is 0.192 e. The number of hydrogen-bond acceptors (Lipinski definition) is 6. The molecule has 0 saturated heterocycles. The molecule has 0 aliphatic heterocycles. The molecule has 28 heavy (non-hydrogen) atoms. The predicted octanol–water partition coefficient (Wildman–Crippen LogP) is 6.23. The van der Waals surface area contributed by atoms with Crippen molar-refractivity contribution in [3.05, 3.63) is 69.9 Å². The Hall–Kier alpha value is -2.22. The molecule has 4 nitrogen and oxygen atoms in total. The van der Waals surface area contributed by atoms with Gasteiger partial charge in [0.25, 0.3) is 0 Å². The van der Waals surface area contributed by atoms with E-state index in [0.29, 0.717) is 6.54 Å². The van der Waals surface area contributed by atoms with E-state index in [2.05, 4.69) is 76.3 Å². The van der Waals surface area contributed by atoms with Crippen LogP contribution in [0.1, 0.15) is 16.1 Å². The summed E-state index contributed by atoms with van der Waals surface area (Å²) in [5, 5.41) is 15.0. The van der Waals surface area contributed by atoms with Crippen LogP contribution in [-0.4, -0.2) is 19.7 Å². The summed E-state index contributed by atoms with van der Waals surface area (Å²) in [5.41, 5.74) is 4.59. The Labute approximate surface area is 177 Å². The largest absolute Gasteiger partial charge is 0.298 e. The van der Waals surface area contributed by atoms with Gasteiger partial charge in [-0.3, -0.25) is 4.57 Å². The molecule has 0 fully saturated rings. The summed E-state index contributed by atoms with van der Waals surface area (Å²) in [6.45, 7) is 8.78. The van der Waals surface area contributed by atoms with Gasteiger partial charge in [0, 0.05) is 39.1 Å². The predicted molar refractivity (Wildman–Crippen MR) is 120 cm³/mol. The average Bonchev–Trinajstić information content (AvgIpc) is 3.40. The fourth-order valence-corrected chi connectivity index (χ4v) is 5.33. The first kappa shape index (κ1) is 19.1. The molecule has 0 saturated carbocycles. The van der Waals surface area contributed by atoms with Crippen LogP contribution in [0.4, 0.5) is 0 Å². The van der Waals surface area contributed by atoms with Gasteiger partial charge in [-0.05, 0) is 26.0 Å². The maximum atomic E-state index is 4.80. The van der Waals surface area contributed by atoms with Crippen molar-refractivity contribution in [2.75, 3.05) is 0 Å². The van der Waals surface area contributed by atoms with Gasteiger partial charge in [-0.1, -0.05) is 41.6 Å². The zero-order chi connectivity index (χ0) is 19.5.